The molecule has 0 aliphatic heterocycles. The Morgan fingerprint density at radius 2 is 0.889 bits per heavy atom. The first-order valence-electron chi connectivity index (χ1n) is 21.5. The van der Waals surface area contributed by atoms with E-state index in [4.69, 9.17) is 8.83 Å². The highest BCUT2D eigenvalue weighted by molar-refractivity contribution is 6.29. The molecular formula is C58H33N3O2. The van der Waals surface area contributed by atoms with Crippen molar-refractivity contribution in [2.75, 3.05) is 4.90 Å². The zero-order valence-electron chi connectivity index (χ0n) is 33.7. The molecule has 0 fully saturated rings. The second kappa shape index (κ2) is 12.1. The number of hydrogen-bond donors (Lipinski definition) is 0. The molecule has 0 bridgehead atoms. The fourth-order valence-electron chi connectivity index (χ4n) is 10.9. The molecule has 0 saturated carbocycles. The third kappa shape index (κ3) is 4.40. The number of benzene rings is 10. The molecule has 0 aliphatic rings. The number of para-hydroxylation sites is 3. The standard InChI is InChI=1S/C58H33N3O2/c1-3-16-38-34(12-1)14-9-20-39(38)36-26-28-37(29-27-36)59(47-21-10-15-35-13-2-4-17-40(35)47)48-22-11-23-49-57(48)61-51-33-55-44(42-19-6-8-25-53(42)63-55)31-46(51)56-45-30-43-41-18-5-7-24-52(41)62-54(43)32-50(45)60(49)58(56)61/h1-33H. The van der Waals surface area contributed by atoms with Gasteiger partial charge in [0.25, 0.3) is 0 Å². The van der Waals surface area contributed by atoms with E-state index in [0.29, 0.717) is 0 Å². The van der Waals surface area contributed by atoms with Gasteiger partial charge in [0.2, 0.25) is 0 Å². The summed E-state index contributed by atoms with van der Waals surface area (Å²) < 4.78 is 18.1. The maximum Gasteiger partial charge on any atom is 0.137 e. The maximum atomic E-state index is 6.62. The van der Waals surface area contributed by atoms with Crippen LogP contribution in [0.25, 0.3) is 120 Å². The fourth-order valence-corrected chi connectivity index (χ4v) is 10.9. The van der Waals surface area contributed by atoms with Crippen LogP contribution < -0.4 is 4.90 Å². The van der Waals surface area contributed by atoms with Crippen molar-refractivity contribution in [3.8, 4) is 11.1 Å². The summed E-state index contributed by atoms with van der Waals surface area (Å²) in [6.45, 7) is 0. The van der Waals surface area contributed by atoms with E-state index in [9.17, 15) is 0 Å². The molecule has 0 spiro atoms. The summed E-state index contributed by atoms with van der Waals surface area (Å²) in [5, 5.41) is 12.9. The predicted octanol–water partition coefficient (Wildman–Crippen LogP) is 16.3. The van der Waals surface area contributed by atoms with Gasteiger partial charge in [-0.15, -0.1) is 0 Å². The van der Waals surface area contributed by atoms with E-state index < -0.39 is 0 Å². The van der Waals surface area contributed by atoms with Gasteiger partial charge < -0.3 is 13.7 Å². The Kier molecular flexibility index (Phi) is 6.36. The van der Waals surface area contributed by atoms with Gasteiger partial charge in [0.1, 0.15) is 28.0 Å². The molecule has 15 rings (SSSR count). The minimum atomic E-state index is 0.875. The maximum absolute atomic E-state index is 6.62. The lowest BCUT2D eigenvalue weighted by Gasteiger charge is -2.28. The van der Waals surface area contributed by atoms with Crippen LogP contribution in [0.3, 0.4) is 0 Å². The van der Waals surface area contributed by atoms with Crippen molar-refractivity contribution in [3.63, 3.8) is 0 Å². The third-order valence-electron chi connectivity index (χ3n) is 13.6. The van der Waals surface area contributed by atoms with Gasteiger partial charge in [0.15, 0.2) is 0 Å². The molecule has 0 amide bonds. The van der Waals surface area contributed by atoms with Crippen molar-refractivity contribution >= 4 is 126 Å². The van der Waals surface area contributed by atoms with E-state index in [0.717, 1.165) is 88.7 Å². The second-order valence-corrected chi connectivity index (χ2v) is 16.8. The molecule has 5 heterocycles. The van der Waals surface area contributed by atoms with E-state index in [2.05, 4.69) is 202 Å². The molecule has 0 radical (unpaired) electrons. The van der Waals surface area contributed by atoms with Crippen molar-refractivity contribution in [1.29, 1.82) is 0 Å². The number of furan rings is 2. The minimum Gasteiger partial charge on any atom is -0.456 e. The predicted molar refractivity (Wildman–Crippen MR) is 262 cm³/mol. The topological polar surface area (TPSA) is 38.3 Å². The Morgan fingerprint density at radius 3 is 1.59 bits per heavy atom. The molecule has 5 nitrogen and oxygen atoms in total. The molecule has 5 heteroatoms. The molecule has 292 valence electrons. The number of anilines is 3. The highest BCUT2D eigenvalue weighted by Gasteiger charge is 2.29. The summed E-state index contributed by atoms with van der Waals surface area (Å²) in [6.07, 6.45) is 0. The van der Waals surface area contributed by atoms with E-state index in [-0.39, 0.29) is 0 Å². The summed E-state index contributed by atoms with van der Waals surface area (Å²) in [7, 11) is 0. The number of fused-ring (bicyclic) bond motifs is 17. The highest BCUT2D eigenvalue weighted by Crippen LogP contribution is 2.49. The van der Waals surface area contributed by atoms with Crippen LogP contribution in [0.1, 0.15) is 0 Å². The van der Waals surface area contributed by atoms with Crippen LogP contribution >= 0.6 is 0 Å². The first-order chi connectivity index (χ1) is 31.2. The van der Waals surface area contributed by atoms with E-state index in [1.165, 1.54) is 48.8 Å². The van der Waals surface area contributed by atoms with E-state index in [1.54, 1.807) is 0 Å². The Bertz CT molecular complexity index is 4380. The average Bonchev–Trinajstić information content (AvgIpc) is 4.13. The number of rotatable bonds is 4. The van der Waals surface area contributed by atoms with Crippen molar-refractivity contribution < 1.29 is 8.83 Å². The van der Waals surface area contributed by atoms with E-state index in [1.807, 2.05) is 12.1 Å². The second-order valence-electron chi connectivity index (χ2n) is 16.8. The number of nitrogens with zero attached hydrogens (tertiary/aromatic N) is 3. The van der Waals surface area contributed by atoms with Crippen LogP contribution in [-0.4, -0.2) is 8.80 Å². The van der Waals surface area contributed by atoms with Crippen LogP contribution in [0.2, 0.25) is 0 Å². The van der Waals surface area contributed by atoms with Crippen LogP contribution in [0.15, 0.2) is 209 Å². The Hall–Kier alpha value is -8.54. The zero-order valence-corrected chi connectivity index (χ0v) is 33.7. The van der Waals surface area contributed by atoms with Gasteiger partial charge in [-0.3, -0.25) is 8.80 Å². The SMILES string of the molecule is c1ccc2c(-c3ccc(N(c4cccc5ccccc45)c4cccc5c4n4c6cc7oc8ccccc8c7cc6c6c7cc8c(cc7n5c64)oc4ccccc48)cc3)cccc2c1. The zero-order chi connectivity index (χ0) is 40.9. The fraction of sp³-hybridized carbons (Fsp3) is 0. The van der Waals surface area contributed by atoms with Crippen LogP contribution in [0, 0.1) is 0 Å². The molecule has 0 unspecified atom stereocenters. The first kappa shape index (κ1) is 33.2. The summed E-state index contributed by atoms with van der Waals surface area (Å²) in [6, 6.07) is 72.4. The number of aromatic nitrogens is 2. The van der Waals surface area contributed by atoms with Gasteiger partial charge in [0, 0.05) is 60.9 Å². The molecule has 0 saturated heterocycles. The van der Waals surface area contributed by atoms with Crippen LogP contribution in [0.4, 0.5) is 17.1 Å². The summed E-state index contributed by atoms with van der Waals surface area (Å²) in [5.74, 6) is 0. The third-order valence-corrected chi connectivity index (χ3v) is 13.6. The monoisotopic (exact) mass is 803 g/mol. The molecule has 0 atom stereocenters. The van der Waals surface area contributed by atoms with Crippen molar-refractivity contribution in [1.82, 2.24) is 8.80 Å². The highest BCUT2D eigenvalue weighted by atomic mass is 16.3. The van der Waals surface area contributed by atoms with Gasteiger partial charge >= 0.3 is 0 Å². The van der Waals surface area contributed by atoms with Gasteiger partial charge in [-0.25, -0.2) is 0 Å². The lowest BCUT2D eigenvalue weighted by molar-refractivity contribution is 0.669. The molecule has 0 N–H and O–H groups in total. The van der Waals surface area contributed by atoms with Gasteiger partial charge in [-0.05, 0) is 81.9 Å². The summed E-state index contributed by atoms with van der Waals surface area (Å²) in [5.41, 5.74) is 14.8. The quantitative estimate of drug-likeness (QED) is 0.178. The van der Waals surface area contributed by atoms with Crippen LogP contribution in [-0.2, 0) is 0 Å². The van der Waals surface area contributed by atoms with Crippen molar-refractivity contribution in [2.24, 2.45) is 0 Å². The van der Waals surface area contributed by atoms with Gasteiger partial charge in [0.05, 0.1) is 33.4 Å². The van der Waals surface area contributed by atoms with Crippen LogP contribution in [0.5, 0.6) is 0 Å². The normalized spacial score (nSPS) is 12.4. The Balaban J connectivity index is 1.08. The molecular weight excluding hydrogens is 771 g/mol. The Morgan fingerprint density at radius 1 is 0.349 bits per heavy atom. The molecule has 0 aliphatic carbocycles. The van der Waals surface area contributed by atoms with Gasteiger partial charge in [-0.1, -0.05) is 133 Å². The molecule has 63 heavy (non-hydrogen) atoms. The average molecular weight is 804 g/mol. The molecule has 15 aromatic rings. The minimum absolute atomic E-state index is 0.875. The summed E-state index contributed by atoms with van der Waals surface area (Å²) >= 11 is 0. The smallest absolute Gasteiger partial charge is 0.137 e. The largest absolute Gasteiger partial charge is 0.456 e. The number of imidazole rings is 1. The van der Waals surface area contributed by atoms with Crippen molar-refractivity contribution in [3.05, 3.63) is 200 Å². The lowest BCUT2D eigenvalue weighted by atomic mass is 9.98. The number of hydrogen-bond acceptors (Lipinski definition) is 3. The van der Waals surface area contributed by atoms with Gasteiger partial charge in [-0.2, -0.15) is 0 Å². The van der Waals surface area contributed by atoms with Crippen molar-refractivity contribution in [2.45, 2.75) is 0 Å². The Labute approximate surface area is 358 Å². The molecule has 5 aromatic heterocycles. The molecule has 10 aromatic carbocycles. The first-order valence-corrected chi connectivity index (χ1v) is 21.5. The summed E-state index contributed by atoms with van der Waals surface area (Å²) in [4.78, 5) is 2.46. The lowest BCUT2D eigenvalue weighted by Crippen LogP contribution is -2.11. The van der Waals surface area contributed by atoms with E-state index >= 15 is 0 Å².